The minimum absolute atomic E-state index is 0. The van der Waals surface area contributed by atoms with Crippen molar-refractivity contribution in [3.63, 3.8) is 0 Å². The normalized spacial score (nSPS) is 14.9. The fourth-order valence-electron chi connectivity index (χ4n) is 1.36. The van der Waals surface area contributed by atoms with Crippen molar-refractivity contribution in [2.75, 3.05) is 0 Å². The Labute approximate surface area is 195 Å². The first-order chi connectivity index (χ1) is 13.2. The SMILES string of the molecule is FC(F)(F)C(F)(F)C(F)(F)C(F)(F)C(F)(F)C(F)(F)C(F)(F)C(F)(F)I.I.c1c[nH]cn1. The summed E-state index contributed by atoms with van der Waals surface area (Å²) in [5.41, 5.74) is 0. The van der Waals surface area contributed by atoms with Gasteiger partial charge in [0.05, 0.1) is 6.33 Å². The van der Waals surface area contributed by atoms with Crippen molar-refractivity contribution in [1.82, 2.24) is 9.97 Å². The topological polar surface area (TPSA) is 28.7 Å². The van der Waals surface area contributed by atoms with Gasteiger partial charge in [-0.2, -0.15) is 74.6 Å². The molecule has 21 heteroatoms. The molecule has 1 rings (SSSR count). The van der Waals surface area contributed by atoms with Gasteiger partial charge in [0.25, 0.3) is 0 Å². The molecule has 0 aliphatic rings. The van der Waals surface area contributed by atoms with E-state index in [-0.39, 0.29) is 24.0 Å². The quantitative estimate of drug-likeness (QED) is 0.184. The summed E-state index contributed by atoms with van der Waals surface area (Å²) in [6, 6.07) is 0. The number of aromatic amines is 1. The molecule has 0 aliphatic heterocycles. The first-order valence-electron chi connectivity index (χ1n) is 6.58. The van der Waals surface area contributed by atoms with Crippen molar-refractivity contribution in [3.05, 3.63) is 18.7 Å². The van der Waals surface area contributed by atoms with Gasteiger partial charge in [-0.15, -0.1) is 24.0 Å². The molecule has 1 heterocycles. The van der Waals surface area contributed by atoms with Crippen LogP contribution in [-0.4, -0.2) is 55.6 Å². The summed E-state index contributed by atoms with van der Waals surface area (Å²) >= 11 is -0.994. The molecule has 0 aromatic carbocycles. The van der Waals surface area contributed by atoms with Gasteiger partial charge in [0.1, 0.15) is 0 Å². The van der Waals surface area contributed by atoms with Crippen LogP contribution in [0.15, 0.2) is 18.7 Å². The summed E-state index contributed by atoms with van der Waals surface area (Å²) in [7, 11) is 0. The molecule has 1 aromatic heterocycles. The minimum Gasteiger partial charge on any atom is -0.351 e. The Balaban J connectivity index is 0. The molecule has 0 spiro atoms. The molecule has 0 unspecified atom stereocenters. The number of nitrogens with one attached hydrogen (secondary N) is 1. The molecule has 0 fully saturated rings. The second-order valence-corrected chi connectivity index (χ2v) is 6.56. The highest BCUT2D eigenvalue weighted by Crippen LogP contribution is 2.64. The first-order valence-corrected chi connectivity index (χ1v) is 7.66. The summed E-state index contributed by atoms with van der Waals surface area (Å²) in [6.45, 7) is 0. The van der Waals surface area contributed by atoms with Gasteiger partial charge in [0.15, 0.2) is 0 Å². The van der Waals surface area contributed by atoms with Gasteiger partial charge in [-0.25, -0.2) is 4.98 Å². The number of imidazole rings is 1. The van der Waals surface area contributed by atoms with E-state index < -0.39 is 68.2 Å². The molecular formula is C11H5F17I2N2. The van der Waals surface area contributed by atoms with Gasteiger partial charge in [0, 0.05) is 35.0 Å². The molecule has 32 heavy (non-hydrogen) atoms. The van der Waals surface area contributed by atoms with Crippen molar-refractivity contribution in [3.8, 4) is 0 Å². The molecule has 192 valence electrons. The zero-order chi connectivity index (χ0) is 25.5. The van der Waals surface area contributed by atoms with Gasteiger partial charge in [-0.1, -0.05) is 0 Å². The van der Waals surface area contributed by atoms with E-state index in [9.17, 15) is 74.6 Å². The lowest BCUT2D eigenvalue weighted by Crippen LogP contribution is -2.74. The molecule has 2 nitrogen and oxygen atoms in total. The molecule has 0 bridgehead atoms. The summed E-state index contributed by atoms with van der Waals surface area (Å²) in [4.78, 5) is 6.42. The van der Waals surface area contributed by atoms with E-state index in [1.165, 1.54) is 0 Å². The van der Waals surface area contributed by atoms with Crippen LogP contribution < -0.4 is 0 Å². The molecule has 0 radical (unpaired) electrons. The van der Waals surface area contributed by atoms with Crippen LogP contribution in [0.2, 0.25) is 0 Å². The van der Waals surface area contributed by atoms with E-state index in [0.717, 1.165) is 0 Å². The van der Waals surface area contributed by atoms with Gasteiger partial charge in [-0.3, -0.25) is 0 Å². The maximum Gasteiger partial charge on any atom is 0.460 e. The van der Waals surface area contributed by atoms with E-state index >= 15 is 0 Å². The van der Waals surface area contributed by atoms with Gasteiger partial charge >= 0.3 is 45.6 Å². The zero-order valence-corrected chi connectivity index (χ0v) is 18.4. The Kier molecular flexibility index (Phi) is 10.1. The Bertz CT molecular complexity index is 642. The van der Waals surface area contributed by atoms with Crippen LogP contribution in [0.5, 0.6) is 0 Å². The van der Waals surface area contributed by atoms with E-state index in [1.54, 1.807) is 18.7 Å². The predicted molar refractivity (Wildman–Crippen MR) is 88.7 cm³/mol. The summed E-state index contributed by atoms with van der Waals surface area (Å²) < 4.78 is 206. The molecule has 0 saturated heterocycles. The Morgan fingerprint density at radius 3 is 1.03 bits per heavy atom. The molecule has 1 aromatic rings. The minimum atomic E-state index is -8.56. The largest absolute Gasteiger partial charge is 0.460 e. The number of nitrogens with zero attached hydrogens (tertiary/aromatic N) is 1. The van der Waals surface area contributed by atoms with Crippen LogP contribution in [0, 0.1) is 0 Å². The number of hydrogen-bond donors (Lipinski definition) is 1. The highest BCUT2D eigenvalue weighted by molar-refractivity contribution is 14.1. The number of rotatable bonds is 6. The number of H-pyrrole nitrogens is 1. The summed E-state index contributed by atoms with van der Waals surface area (Å²) in [6.07, 6.45) is -2.65. The molecule has 0 atom stereocenters. The fraction of sp³-hybridized carbons (Fsp3) is 0.727. The maximum atomic E-state index is 12.9. The summed E-state index contributed by atoms with van der Waals surface area (Å²) in [5, 5.41) is 0. The maximum absolute atomic E-state index is 12.9. The highest BCUT2D eigenvalue weighted by Gasteiger charge is 2.95. The highest BCUT2D eigenvalue weighted by atomic mass is 127. The van der Waals surface area contributed by atoms with Crippen LogP contribution in [-0.2, 0) is 0 Å². The fourth-order valence-corrected chi connectivity index (χ4v) is 1.70. The van der Waals surface area contributed by atoms with Crippen LogP contribution in [0.3, 0.4) is 0 Å². The zero-order valence-electron chi connectivity index (χ0n) is 13.9. The average Bonchev–Trinajstić information content (AvgIpc) is 3.11. The Hall–Kier alpha value is -0.520. The lowest BCUT2D eigenvalue weighted by atomic mass is 9.91. The van der Waals surface area contributed by atoms with Crippen LogP contribution >= 0.6 is 46.6 Å². The number of hydrogen-bond acceptors (Lipinski definition) is 1. The molecule has 0 aliphatic carbocycles. The monoisotopic (exact) mass is 742 g/mol. The predicted octanol–water partition coefficient (Wildman–Crippen LogP) is 7.42. The third-order valence-corrected chi connectivity index (χ3v) is 3.77. The van der Waals surface area contributed by atoms with E-state index in [4.69, 9.17) is 0 Å². The Morgan fingerprint density at radius 2 is 0.844 bits per heavy atom. The van der Waals surface area contributed by atoms with Gasteiger partial charge in [-0.05, 0) is 0 Å². The second kappa shape index (κ2) is 9.62. The third kappa shape index (κ3) is 5.25. The van der Waals surface area contributed by atoms with E-state index in [2.05, 4.69) is 9.97 Å². The summed E-state index contributed by atoms with van der Waals surface area (Å²) in [5.74, 6) is -49.4. The first kappa shape index (κ1) is 33.7. The lowest BCUT2D eigenvalue weighted by Gasteiger charge is -2.42. The van der Waals surface area contributed by atoms with E-state index in [0.29, 0.717) is 0 Å². The van der Waals surface area contributed by atoms with Crippen molar-refractivity contribution < 1.29 is 74.6 Å². The van der Waals surface area contributed by atoms with Crippen molar-refractivity contribution in [2.24, 2.45) is 0 Å². The molecular weight excluding hydrogens is 737 g/mol. The smallest absolute Gasteiger partial charge is 0.351 e. The van der Waals surface area contributed by atoms with Crippen molar-refractivity contribution >= 4 is 46.6 Å². The van der Waals surface area contributed by atoms with Crippen molar-refractivity contribution in [1.29, 1.82) is 0 Å². The van der Waals surface area contributed by atoms with Crippen LogP contribution in [0.4, 0.5) is 74.6 Å². The van der Waals surface area contributed by atoms with Crippen LogP contribution in [0.25, 0.3) is 0 Å². The van der Waals surface area contributed by atoms with Gasteiger partial charge in [0.2, 0.25) is 0 Å². The molecule has 0 amide bonds. The average molecular weight is 742 g/mol. The Morgan fingerprint density at radius 1 is 0.531 bits per heavy atom. The second-order valence-electron chi connectivity index (χ2n) is 5.20. The van der Waals surface area contributed by atoms with E-state index in [1.807, 2.05) is 0 Å². The number of alkyl halides is 18. The number of aromatic nitrogens is 2. The van der Waals surface area contributed by atoms with Gasteiger partial charge < -0.3 is 4.98 Å². The lowest BCUT2D eigenvalue weighted by molar-refractivity contribution is -0.457. The molecule has 0 saturated carbocycles. The third-order valence-electron chi connectivity index (χ3n) is 3.09. The van der Waals surface area contributed by atoms with Crippen molar-refractivity contribution in [2.45, 2.75) is 45.6 Å². The van der Waals surface area contributed by atoms with Crippen LogP contribution in [0.1, 0.15) is 0 Å². The number of halogens is 19. The standard InChI is InChI=1S/C8F17I.C3H4N2.HI/c9-1(10,3(13,14)5(17,18)7(21,22)23)2(11,12)4(15,16)6(19,20)8(24,25)26;1-2-5-3-4-1;/h;1-3H,(H,4,5);1H. The molecule has 1 N–H and O–H groups in total.